The number of ether oxygens (including phenoxy) is 2. The van der Waals surface area contributed by atoms with Gasteiger partial charge in [-0.1, -0.05) is 11.6 Å². The number of anilines is 2. The molecular formula is C16H17ClN2O5S. The fourth-order valence-corrected chi connectivity index (χ4v) is 2.90. The number of amides is 1. The number of halogens is 1. The molecule has 0 unspecified atom stereocenters. The highest BCUT2D eigenvalue weighted by atomic mass is 35.5. The topological polar surface area (TPSA) is 93.7 Å². The molecule has 25 heavy (non-hydrogen) atoms. The molecule has 2 aromatic rings. The van der Waals surface area contributed by atoms with Crippen molar-refractivity contribution in [1.82, 2.24) is 0 Å². The van der Waals surface area contributed by atoms with E-state index in [0.717, 1.165) is 6.26 Å². The van der Waals surface area contributed by atoms with Gasteiger partial charge in [0.15, 0.2) is 0 Å². The Hall–Kier alpha value is -2.45. The van der Waals surface area contributed by atoms with Crippen molar-refractivity contribution in [3.05, 3.63) is 47.0 Å². The zero-order valence-corrected chi connectivity index (χ0v) is 15.4. The summed E-state index contributed by atoms with van der Waals surface area (Å²) in [5.74, 6) is 0.611. The van der Waals surface area contributed by atoms with Crippen molar-refractivity contribution in [2.75, 3.05) is 30.5 Å². The lowest BCUT2D eigenvalue weighted by Gasteiger charge is -2.12. The monoisotopic (exact) mass is 384 g/mol. The lowest BCUT2D eigenvalue weighted by Crippen LogP contribution is -2.14. The maximum absolute atomic E-state index is 12.4. The Morgan fingerprint density at radius 1 is 1.04 bits per heavy atom. The van der Waals surface area contributed by atoms with Crippen molar-refractivity contribution in [3.63, 3.8) is 0 Å². The molecule has 0 bridgehead atoms. The summed E-state index contributed by atoms with van der Waals surface area (Å²) in [6.07, 6.45) is 1.01. The number of nitrogens with one attached hydrogen (secondary N) is 2. The zero-order valence-electron chi connectivity index (χ0n) is 13.8. The van der Waals surface area contributed by atoms with E-state index in [0.29, 0.717) is 17.2 Å². The summed E-state index contributed by atoms with van der Waals surface area (Å²) in [6, 6.07) is 9.23. The molecule has 0 spiro atoms. The Kier molecular flexibility index (Phi) is 5.76. The minimum Gasteiger partial charge on any atom is -0.497 e. The second kappa shape index (κ2) is 7.62. The first-order chi connectivity index (χ1) is 11.7. The van der Waals surface area contributed by atoms with E-state index < -0.39 is 15.9 Å². The summed E-state index contributed by atoms with van der Waals surface area (Å²) in [4.78, 5) is 12.4. The number of hydrogen-bond donors (Lipinski definition) is 2. The van der Waals surface area contributed by atoms with E-state index in [-0.39, 0.29) is 16.3 Å². The molecule has 0 radical (unpaired) electrons. The van der Waals surface area contributed by atoms with E-state index in [1.807, 2.05) is 0 Å². The zero-order chi connectivity index (χ0) is 18.6. The third-order valence-corrected chi connectivity index (χ3v) is 4.09. The molecule has 134 valence electrons. The van der Waals surface area contributed by atoms with Crippen LogP contribution in [0.5, 0.6) is 11.5 Å². The second-order valence-electron chi connectivity index (χ2n) is 5.09. The molecule has 2 aromatic carbocycles. The fraction of sp³-hybridized carbons (Fsp3) is 0.188. The quantitative estimate of drug-likeness (QED) is 0.798. The van der Waals surface area contributed by atoms with Gasteiger partial charge in [-0.25, -0.2) is 8.42 Å². The summed E-state index contributed by atoms with van der Waals surface area (Å²) in [5.41, 5.74) is 0.924. The largest absolute Gasteiger partial charge is 0.497 e. The van der Waals surface area contributed by atoms with Gasteiger partial charge in [0.25, 0.3) is 5.91 Å². The highest BCUT2D eigenvalue weighted by molar-refractivity contribution is 7.92. The van der Waals surface area contributed by atoms with Crippen molar-refractivity contribution in [1.29, 1.82) is 0 Å². The average molecular weight is 385 g/mol. The molecule has 2 N–H and O–H groups in total. The van der Waals surface area contributed by atoms with Gasteiger partial charge in [0.2, 0.25) is 10.0 Å². The van der Waals surface area contributed by atoms with Crippen LogP contribution in [0.1, 0.15) is 10.4 Å². The smallest absolute Gasteiger partial charge is 0.255 e. The lowest BCUT2D eigenvalue weighted by atomic mass is 10.2. The summed E-state index contributed by atoms with van der Waals surface area (Å²) in [7, 11) is -0.452. The fourth-order valence-electron chi connectivity index (χ4n) is 2.04. The molecule has 2 rings (SSSR count). The second-order valence-corrected chi connectivity index (χ2v) is 7.24. The Bertz CT molecular complexity index is 899. The number of hydrogen-bond acceptors (Lipinski definition) is 5. The minimum absolute atomic E-state index is 0.111. The van der Waals surface area contributed by atoms with E-state index in [4.69, 9.17) is 21.1 Å². The first kappa shape index (κ1) is 18.9. The molecule has 9 heteroatoms. The third kappa shape index (κ3) is 5.01. The highest BCUT2D eigenvalue weighted by Gasteiger charge is 2.13. The van der Waals surface area contributed by atoms with Crippen LogP contribution in [0.3, 0.4) is 0 Å². The minimum atomic E-state index is -3.46. The maximum Gasteiger partial charge on any atom is 0.255 e. The van der Waals surface area contributed by atoms with Gasteiger partial charge < -0.3 is 14.8 Å². The van der Waals surface area contributed by atoms with Crippen molar-refractivity contribution < 1.29 is 22.7 Å². The normalized spacial score (nSPS) is 10.9. The Morgan fingerprint density at radius 3 is 2.28 bits per heavy atom. The number of methoxy groups -OCH3 is 2. The number of rotatable bonds is 6. The molecular weight excluding hydrogens is 368 g/mol. The number of carbonyl (C=O) groups excluding carboxylic acids is 1. The third-order valence-electron chi connectivity index (χ3n) is 3.18. The summed E-state index contributed by atoms with van der Waals surface area (Å²) in [5, 5.41) is 2.82. The van der Waals surface area contributed by atoms with Gasteiger partial charge in [-0.3, -0.25) is 9.52 Å². The van der Waals surface area contributed by atoms with Crippen LogP contribution in [0.25, 0.3) is 0 Å². The Balaban J connectivity index is 2.23. The maximum atomic E-state index is 12.4. The number of benzene rings is 2. The van der Waals surface area contributed by atoms with Gasteiger partial charge in [-0.05, 0) is 30.3 Å². The van der Waals surface area contributed by atoms with E-state index in [1.165, 1.54) is 32.4 Å². The molecule has 0 fully saturated rings. The van der Waals surface area contributed by atoms with Gasteiger partial charge in [0.05, 0.1) is 36.9 Å². The Morgan fingerprint density at radius 2 is 1.72 bits per heavy atom. The van der Waals surface area contributed by atoms with E-state index >= 15 is 0 Å². The molecule has 0 aliphatic heterocycles. The van der Waals surface area contributed by atoms with Crippen molar-refractivity contribution in [3.8, 4) is 11.5 Å². The molecule has 0 heterocycles. The van der Waals surface area contributed by atoms with Crippen LogP contribution >= 0.6 is 11.6 Å². The van der Waals surface area contributed by atoms with Crippen LogP contribution in [0.4, 0.5) is 11.4 Å². The Labute approximate surface area is 151 Å². The molecule has 0 aliphatic carbocycles. The number of carbonyl (C=O) groups is 1. The standard InChI is InChI=1S/C16H17ClN2O5S/c1-23-11-5-7-14(15(9-11)24-2)18-16(20)10-4-6-13(12(17)8-10)19-25(3,21)22/h4-9,19H,1-3H3,(H,18,20). The lowest BCUT2D eigenvalue weighted by molar-refractivity contribution is 0.102. The first-order valence-electron chi connectivity index (χ1n) is 7.04. The van der Waals surface area contributed by atoms with Gasteiger partial charge in [0.1, 0.15) is 11.5 Å². The summed E-state index contributed by atoms with van der Waals surface area (Å²) >= 11 is 6.03. The van der Waals surface area contributed by atoms with Gasteiger partial charge in [-0.15, -0.1) is 0 Å². The molecule has 0 aliphatic rings. The van der Waals surface area contributed by atoms with Crippen molar-refractivity contribution in [2.24, 2.45) is 0 Å². The van der Waals surface area contributed by atoms with Crippen LogP contribution < -0.4 is 19.5 Å². The average Bonchev–Trinajstić information content (AvgIpc) is 2.55. The van der Waals surface area contributed by atoms with Crippen LogP contribution in [-0.4, -0.2) is 34.8 Å². The van der Waals surface area contributed by atoms with E-state index in [1.54, 1.807) is 18.2 Å². The molecule has 7 nitrogen and oxygen atoms in total. The van der Waals surface area contributed by atoms with Gasteiger partial charge in [0, 0.05) is 11.6 Å². The van der Waals surface area contributed by atoms with Crippen LogP contribution in [0.2, 0.25) is 5.02 Å². The van der Waals surface area contributed by atoms with Crippen LogP contribution in [-0.2, 0) is 10.0 Å². The van der Waals surface area contributed by atoms with Crippen LogP contribution in [0.15, 0.2) is 36.4 Å². The van der Waals surface area contributed by atoms with Gasteiger partial charge >= 0.3 is 0 Å². The molecule has 0 saturated heterocycles. The van der Waals surface area contributed by atoms with Crippen molar-refractivity contribution in [2.45, 2.75) is 0 Å². The summed E-state index contributed by atoms with van der Waals surface area (Å²) < 4.78 is 35.1. The molecule has 0 aromatic heterocycles. The molecule has 0 saturated carbocycles. The SMILES string of the molecule is COc1ccc(NC(=O)c2ccc(NS(C)(=O)=O)c(Cl)c2)c(OC)c1. The van der Waals surface area contributed by atoms with Gasteiger partial charge in [-0.2, -0.15) is 0 Å². The van der Waals surface area contributed by atoms with Crippen LogP contribution in [0, 0.1) is 0 Å². The molecule has 0 atom stereocenters. The van der Waals surface area contributed by atoms with E-state index in [2.05, 4.69) is 10.0 Å². The van der Waals surface area contributed by atoms with E-state index in [9.17, 15) is 13.2 Å². The predicted octanol–water partition coefficient (Wildman–Crippen LogP) is 2.98. The first-order valence-corrected chi connectivity index (χ1v) is 9.31. The summed E-state index contributed by atoms with van der Waals surface area (Å²) in [6.45, 7) is 0. The predicted molar refractivity (Wildman–Crippen MR) is 97.4 cm³/mol. The number of sulfonamides is 1. The molecule has 1 amide bonds. The highest BCUT2D eigenvalue weighted by Crippen LogP contribution is 2.30. The van der Waals surface area contributed by atoms with Crippen molar-refractivity contribution >= 4 is 38.9 Å².